The largest absolute Gasteiger partial charge is 0.322 e. The zero-order valence-electron chi connectivity index (χ0n) is 15.8. The lowest BCUT2D eigenvalue weighted by Gasteiger charge is -2.29. The predicted molar refractivity (Wildman–Crippen MR) is 102 cm³/mol. The van der Waals surface area contributed by atoms with E-state index in [1.807, 2.05) is 6.07 Å². The number of nitrogens with one attached hydrogen (secondary N) is 1. The minimum atomic E-state index is -0.586. The van der Waals surface area contributed by atoms with E-state index in [-0.39, 0.29) is 30.0 Å². The lowest BCUT2D eigenvalue weighted by atomic mass is 10.0. The average Bonchev–Trinajstić information content (AvgIpc) is 3.22. The van der Waals surface area contributed by atoms with Gasteiger partial charge in [0.1, 0.15) is 11.9 Å². The highest BCUT2D eigenvalue weighted by molar-refractivity contribution is 6.05. The lowest BCUT2D eigenvalue weighted by Crippen LogP contribution is -2.52. The van der Waals surface area contributed by atoms with E-state index in [0.29, 0.717) is 18.5 Å². The van der Waals surface area contributed by atoms with Crippen molar-refractivity contribution in [1.29, 1.82) is 0 Å². The average molecular weight is 393 g/mol. The van der Waals surface area contributed by atoms with Gasteiger partial charge in [0.15, 0.2) is 0 Å². The first-order valence-corrected chi connectivity index (χ1v) is 9.74. The van der Waals surface area contributed by atoms with Crippen LogP contribution in [0.25, 0.3) is 0 Å². The van der Waals surface area contributed by atoms with Gasteiger partial charge in [0, 0.05) is 38.2 Å². The first-order chi connectivity index (χ1) is 14.0. The monoisotopic (exact) mass is 393 g/mol. The van der Waals surface area contributed by atoms with Crippen molar-refractivity contribution >= 4 is 17.7 Å². The smallest absolute Gasteiger partial charge is 0.255 e. The summed E-state index contributed by atoms with van der Waals surface area (Å²) in [5.41, 5.74) is 4.93. The number of benzene rings is 2. The number of hydrogen-bond donors (Lipinski definition) is 1. The Bertz CT molecular complexity index is 1030. The van der Waals surface area contributed by atoms with Crippen LogP contribution in [0.3, 0.4) is 0 Å². The second-order valence-electron chi connectivity index (χ2n) is 7.95. The Morgan fingerprint density at radius 1 is 0.966 bits per heavy atom. The van der Waals surface area contributed by atoms with Gasteiger partial charge >= 0.3 is 0 Å². The maximum absolute atomic E-state index is 13.1. The predicted octanol–water partition coefficient (Wildman–Crippen LogP) is 2.10. The Kier molecular flexibility index (Phi) is 4.20. The number of halogens is 1. The van der Waals surface area contributed by atoms with Crippen LogP contribution in [-0.4, -0.2) is 33.6 Å². The second-order valence-corrected chi connectivity index (χ2v) is 7.95. The second kappa shape index (κ2) is 6.77. The molecular formula is C22H20FN3O3. The summed E-state index contributed by atoms with van der Waals surface area (Å²) in [5.74, 6) is -1.06. The van der Waals surface area contributed by atoms with Crippen LogP contribution in [0.4, 0.5) is 4.39 Å². The van der Waals surface area contributed by atoms with E-state index in [2.05, 4.69) is 16.3 Å². The van der Waals surface area contributed by atoms with Gasteiger partial charge in [-0.25, -0.2) is 4.39 Å². The molecule has 3 heterocycles. The van der Waals surface area contributed by atoms with E-state index in [4.69, 9.17) is 0 Å². The van der Waals surface area contributed by atoms with Crippen LogP contribution in [-0.2, 0) is 35.8 Å². The molecule has 1 unspecified atom stereocenters. The van der Waals surface area contributed by atoms with Crippen LogP contribution >= 0.6 is 0 Å². The van der Waals surface area contributed by atoms with E-state index < -0.39 is 6.04 Å². The number of rotatable bonds is 3. The lowest BCUT2D eigenvalue weighted by molar-refractivity contribution is -0.136. The van der Waals surface area contributed by atoms with Crippen molar-refractivity contribution in [2.24, 2.45) is 0 Å². The van der Waals surface area contributed by atoms with Gasteiger partial charge in [-0.1, -0.05) is 18.2 Å². The number of amides is 3. The number of piperidine rings is 1. The molecule has 3 aliphatic heterocycles. The van der Waals surface area contributed by atoms with E-state index in [1.54, 1.807) is 17.0 Å². The fourth-order valence-corrected chi connectivity index (χ4v) is 4.50. The zero-order valence-corrected chi connectivity index (χ0v) is 15.8. The fraction of sp³-hybridized carbons (Fsp3) is 0.318. The molecule has 0 aromatic heterocycles. The highest BCUT2D eigenvalue weighted by Gasteiger charge is 2.39. The molecule has 2 aromatic carbocycles. The molecule has 6 nitrogen and oxygen atoms in total. The van der Waals surface area contributed by atoms with E-state index in [1.165, 1.54) is 17.7 Å². The zero-order chi connectivity index (χ0) is 20.1. The van der Waals surface area contributed by atoms with Gasteiger partial charge in [-0.05, 0) is 46.9 Å². The Labute approximate surface area is 167 Å². The maximum Gasteiger partial charge on any atom is 0.255 e. The summed E-state index contributed by atoms with van der Waals surface area (Å²) in [6.45, 7) is 2.61. The highest BCUT2D eigenvalue weighted by atomic mass is 19.1. The molecule has 1 atom stereocenters. The van der Waals surface area contributed by atoms with Crippen LogP contribution < -0.4 is 5.32 Å². The van der Waals surface area contributed by atoms with Gasteiger partial charge in [-0.2, -0.15) is 0 Å². The molecule has 2 aromatic rings. The molecule has 0 aliphatic carbocycles. The standard InChI is InChI=1S/C22H20FN3O3/c23-17-3-1-13(2-4-17)9-25-10-14-7-16-12-26(19-5-6-20(27)24-21(19)28)22(29)18(16)8-15(14)11-25/h1-4,7-8,19H,5-6,9-12H2,(H,24,27,28). The topological polar surface area (TPSA) is 69.7 Å². The van der Waals surface area contributed by atoms with E-state index in [0.717, 1.165) is 36.3 Å². The Hall–Kier alpha value is -3.06. The molecule has 7 heteroatoms. The number of imide groups is 1. The van der Waals surface area contributed by atoms with Crippen molar-refractivity contribution in [1.82, 2.24) is 15.1 Å². The Balaban J connectivity index is 1.32. The van der Waals surface area contributed by atoms with Gasteiger partial charge in [-0.3, -0.25) is 24.6 Å². The summed E-state index contributed by atoms with van der Waals surface area (Å²) < 4.78 is 13.1. The third kappa shape index (κ3) is 3.21. The number of fused-ring (bicyclic) bond motifs is 2. The van der Waals surface area contributed by atoms with E-state index >= 15 is 0 Å². The van der Waals surface area contributed by atoms with Crippen molar-refractivity contribution in [3.8, 4) is 0 Å². The minimum Gasteiger partial charge on any atom is -0.322 e. The maximum atomic E-state index is 13.1. The summed E-state index contributed by atoms with van der Waals surface area (Å²) in [5, 5.41) is 2.33. The number of hydrogen-bond acceptors (Lipinski definition) is 4. The summed E-state index contributed by atoms with van der Waals surface area (Å²) >= 11 is 0. The fourth-order valence-electron chi connectivity index (χ4n) is 4.50. The van der Waals surface area contributed by atoms with Crippen LogP contribution in [0, 0.1) is 5.82 Å². The summed E-state index contributed by atoms with van der Waals surface area (Å²) in [6, 6.07) is 9.95. The molecule has 148 valence electrons. The van der Waals surface area contributed by atoms with Crippen LogP contribution in [0.15, 0.2) is 36.4 Å². The molecule has 1 N–H and O–H groups in total. The number of carbonyl (C=O) groups excluding carboxylic acids is 3. The first-order valence-electron chi connectivity index (χ1n) is 9.74. The van der Waals surface area contributed by atoms with Crippen LogP contribution in [0.2, 0.25) is 0 Å². The first kappa shape index (κ1) is 18.0. The van der Waals surface area contributed by atoms with Crippen molar-refractivity contribution in [3.63, 3.8) is 0 Å². The van der Waals surface area contributed by atoms with Crippen molar-refractivity contribution in [2.75, 3.05) is 0 Å². The molecule has 1 fully saturated rings. The molecule has 3 aliphatic rings. The van der Waals surface area contributed by atoms with Crippen molar-refractivity contribution in [3.05, 3.63) is 70.0 Å². The van der Waals surface area contributed by atoms with Crippen LogP contribution in [0.5, 0.6) is 0 Å². The molecule has 5 rings (SSSR count). The van der Waals surface area contributed by atoms with Gasteiger partial charge in [-0.15, -0.1) is 0 Å². The van der Waals surface area contributed by atoms with Gasteiger partial charge < -0.3 is 4.90 Å². The minimum absolute atomic E-state index is 0.144. The summed E-state index contributed by atoms with van der Waals surface area (Å²) in [6.07, 6.45) is 0.626. The number of carbonyl (C=O) groups is 3. The van der Waals surface area contributed by atoms with Crippen molar-refractivity contribution < 1.29 is 18.8 Å². The molecule has 0 saturated carbocycles. The quantitative estimate of drug-likeness (QED) is 0.811. The molecule has 1 saturated heterocycles. The highest BCUT2D eigenvalue weighted by Crippen LogP contribution is 2.33. The summed E-state index contributed by atoms with van der Waals surface area (Å²) in [4.78, 5) is 40.3. The molecule has 0 bridgehead atoms. The molecule has 3 amide bonds. The molecular weight excluding hydrogens is 373 g/mol. The molecule has 0 spiro atoms. The van der Waals surface area contributed by atoms with Gasteiger partial charge in [0.25, 0.3) is 5.91 Å². The van der Waals surface area contributed by atoms with Crippen LogP contribution in [0.1, 0.15) is 45.5 Å². The molecule has 0 radical (unpaired) electrons. The van der Waals surface area contributed by atoms with Gasteiger partial charge in [0.05, 0.1) is 0 Å². The SMILES string of the molecule is O=C1CCC(N2Cc3cc4c(cc3C2=O)CN(Cc2ccc(F)cc2)C4)C(=O)N1. The number of nitrogens with zero attached hydrogens (tertiary/aromatic N) is 2. The van der Waals surface area contributed by atoms with Crippen molar-refractivity contribution in [2.45, 2.75) is 45.1 Å². The normalized spacial score (nSPS) is 21.3. The third-order valence-electron chi connectivity index (χ3n) is 5.95. The van der Waals surface area contributed by atoms with E-state index in [9.17, 15) is 18.8 Å². The Morgan fingerprint density at radius 2 is 1.69 bits per heavy atom. The third-order valence-corrected chi connectivity index (χ3v) is 5.95. The molecule has 29 heavy (non-hydrogen) atoms. The van der Waals surface area contributed by atoms with Gasteiger partial charge in [0.2, 0.25) is 11.8 Å². The summed E-state index contributed by atoms with van der Waals surface area (Å²) in [7, 11) is 0. The Morgan fingerprint density at radius 3 is 2.41 bits per heavy atom.